The average molecular weight is 437 g/mol. The van der Waals surface area contributed by atoms with Gasteiger partial charge in [-0.05, 0) is 37.3 Å². The molecule has 7 nitrogen and oxygen atoms in total. The summed E-state index contributed by atoms with van der Waals surface area (Å²) in [5, 5.41) is 0. The Morgan fingerprint density at radius 1 is 1.13 bits per heavy atom. The Morgan fingerprint density at radius 3 is 2.63 bits per heavy atom. The molecule has 0 radical (unpaired) electrons. The molecule has 2 saturated heterocycles. The second-order valence-corrected chi connectivity index (χ2v) is 10.8. The van der Waals surface area contributed by atoms with Gasteiger partial charge in [0.1, 0.15) is 11.6 Å². The number of sulfone groups is 1. The summed E-state index contributed by atoms with van der Waals surface area (Å²) >= 11 is 0. The Hall–Kier alpha value is -1.67. The third kappa shape index (κ3) is 6.94. The van der Waals surface area contributed by atoms with Crippen LogP contribution >= 0.6 is 0 Å². The standard InChI is InChI=1S/C22H36N4O3S/c1-2-3-6-16-30(28,29)19-22(27)26-11-7-8-20(18-26)17-24-12-14-25(15-13-24)21-9-4-5-10-23-21/h4-5,9-10,20H,2-3,6-8,11-19H2,1H3. The number of piperidine rings is 1. The monoisotopic (exact) mass is 436 g/mol. The van der Waals surface area contributed by atoms with Crippen LogP contribution in [0.25, 0.3) is 0 Å². The van der Waals surface area contributed by atoms with Gasteiger partial charge < -0.3 is 9.80 Å². The molecule has 1 unspecified atom stereocenters. The van der Waals surface area contributed by atoms with Gasteiger partial charge in [-0.15, -0.1) is 0 Å². The Morgan fingerprint density at radius 2 is 1.93 bits per heavy atom. The van der Waals surface area contributed by atoms with E-state index in [1.165, 1.54) is 0 Å². The van der Waals surface area contributed by atoms with Crippen molar-refractivity contribution in [2.75, 3.05) is 62.2 Å². The first kappa shape index (κ1) is 23.0. The van der Waals surface area contributed by atoms with Gasteiger partial charge in [-0.25, -0.2) is 13.4 Å². The normalized spacial score (nSPS) is 21.0. The number of unbranched alkanes of at least 4 members (excludes halogenated alkanes) is 2. The summed E-state index contributed by atoms with van der Waals surface area (Å²) in [5.41, 5.74) is 0. The van der Waals surface area contributed by atoms with Gasteiger partial charge in [0, 0.05) is 52.0 Å². The fraction of sp³-hybridized carbons (Fsp3) is 0.727. The van der Waals surface area contributed by atoms with Gasteiger partial charge >= 0.3 is 0 Å². The van der Waals surface area contributed by atoms with Crippen molar-refractivity contribution < 1.29 is 13.2 Å². The van der Waals surface area contributed by atoms with Crippen LogP contribution in [0.5, 0.6) is 0 Å². The lowest BCUT2D eigenvalue weighted by atomic mass is 9.97. The Labute approximate surface area is 181 Å². The maximum Gasteiger partial charge on any atom is 0.237 e. The molecule has 1 aromatic heterocycles. The second kappa shape index (κ2) is 11.1. The number of rotatable bonds is 9. The fourth-order valence-electron chi connectivity index (χ4n) is 4.43. The predicted molar refractivity (Wildman–Crippen MR) is 120 cm³/mol. The smallest absolute Gasteiger partial charge is 0.237 e. The molecule has 2 aliphatic rings. The molecular weight excluding hydrogens is 400 g/mol. The summed E-state index contributed by atoms with van der Waals surface area (Å²) in [6, 6.07) is 6.01. The summed E-state index contributed by atoms with van der Waals surface area (Å²) < 4.78 is 24.5. The summed E-state index contributed by atoms with van der Waals surface area (Å²) in [5.74, 6) is 1.05. The maximum absolute atomic E-state index is 12.6. The molecule has 3 rings (SSSR count). The van der Waals surface area contributed by atoms with Gasteiger partial charge in [0.25, 0.3) is 0 Å². The second-order valence-electron chi connectivity index (χ2n) is 8.62. The molecule has 1 atom stereocenters. The van der Waals surface area contributed by atoms with Crippen LogP contribution in [0.15, 0.2) is 24.4 Å². The average Bonchev–Trinajstić information content (AvgIpc) is 2.75. The summed E-state index contributed by atoms with van der Waals surface area (Å²) in [4.78, 5) is 23.6. The third-order valence-corrected chi connectivity index (χ3v) is 7.73. The predicted octanol–water partition coefficient (Wildman–Crippen LogP) is 2.05. The highest BCUT2D eigenvalue weighted by molar-refractivity contribution is 7.92. The molecule has 0 aliphatic carbocycles. The molecule has 0 bridgehead atoms. The van der Waals surface area contributed by atoms with E-state index < -0.39 is 9.84 Å². The largest absolute Gasteiger partial charge is 0.354 e. The molecule has 0 aromatic carbocycles. The van der Waals surface area contributed by atoms with Gasteiger partial charge in [0.05, 0.1) is 5.75 Å². The fourth-order valence-corrected chi connectivity index (χ4v) is 5.78. The van der Waals surface area contributed by atoms with Crippen molar-refractivity contribution in [2.45, 2.75) is 39.0 Å². The third-order valence-electron chi connectivity index (χ3n) is 6.14. The number of carbonyl (C=O) groups is 1. The first-order valence-electron chi connectivity index (χ1n) is 11.3. The Kier molecular flexibility index (Phi) is 8.50. The highest BCUT2D eigenvalue weighted by atomic mass is 32.2. The minimum absolute atomic E-state index is 0.129. The molecule has 1 aromatic rings. The molecule has 0 N–H and O–H groups in total. The van der Waals surface area contributed by atoms with Crippen molar-refractivity contribution in [3.8, 4) is 0 Å². The zero-order chi connectivity index (χ0) is 21.4. The van der Waals surface area contributed by atoms with Gasteiger partial charge in [-0.3, -0.25) is 9.69 Å². The van der Waals surface area contributed by atoms with E-state index in [2.05, 4.69) is 20.9 Å². The number of likely N-dealkylation sites (tertiary alicyclic amines) is 1. The van der Waals surface area contributed by atoms with Crippen LogP contribution < -0.4 is 4.90 Å². The molecule has 0 spiro atoms. The van der Waals surface area contributed by atoms with Crippen molar-refractivity contribution in [1.29, 1.82) is 0 Å². The van der Waals surface area contributed by atoms with Crippen molar-refractivity contribution in [3.05, 3.63) is 24.4 Å². The van der Waals surface area contributed by atoms with E-state index >= 15 is 0 Å². The van der Waals surface area contributed by atoms with Gasteiger partial charge in [-0.1, -0.05) is 25.8 Å². The van der Waals surface area contributed by atoms with E-state index in [9.17, 15) is 13.2 Å². The van der Waals surface area contributed by atoms with Crippen molar-refractivity contribution in [2.24, 2.45) is 5.92 Å². The minimum atomic E-state index is -3.29. The number of hydrogen-bond acceptors (Lipinski definition) is 6. The summed E-state index contributed by atoms with van der Waals surface area (Å²) in [6.45, 7) is 8.30. The highest BCUT2D eigenvalue weighted by Crippen LogP contribution is 2.20. The van der Waals surface area contributed by atoms with Crippen molar-refractivity contribution in [1.82, 2.24) is 14.8 Å². The lowest BCUT2D eigenvalue weighted by Crippen LogP contribution is -2.50. The Bertz CT molecular complexity index is 764. The van der Waals surface area contributed by atoms with Crippen LogP contribution in [-0.4, -0.2) is 86.4 Å². The molecule has 1 amide bonds. The van der Waals surface area contributed by atoms with Crippen LogP contribution in [0.2, 0.25) is 0 Å². The highest BCUT2D eigenvalue weighted by Gasteiger charge is 2.29. The van der Waals surface area contributed by atoms with Gasteiger partial charge in [0.2, 0.25) is 5.91 Å². The zero-order valence-corrected chi connectivity index (χ0v) is 19.0. The van der Waals surface area contributed by atoms with Crippen LogP contribution in [0.1, 0.15) is 39.0 Å². The minimum Gasteiger partial charge on any atom is -0.354 e. The van der Waals surface area contributed by atoms with Crippen LogP contribution in [0.4, 0.5) is 5.82 Å². The lowest BCUT2D eigenvalue weighted by Gasteiger charge is -2.39. The molecule has 2 fully saturated rings. The van der Waals surface area contributed by atoms with Crippen LogP contribution in [0, 0.1) is 5.92 Å². The van der Waals surface area contributed by atoms with E-state index in [-0.39, 0.29) is 17.4 Å². The first-order valence-corrected chi connectivity index (χ1v) is 13.2. The number of carbonyl (C=O) groups excluding carboxylic acids is 1. The molecule has 8 heteroatoms. The van der Waals surface area contributed by atoms with Crippen molar-refractivity contribution >= 4 is 21.6 Å². The molecule has 0 saturated carbocycles. The summed E-state index contributed by atoms with van der Waals surface area (Å²) in [6.07, 6.45) is 6.42. The van der Waals surface area contributed by atoms with E-state index in [4.69, 9.17) is 0 Å². The number of amides is 1. The van der Waals surface area contributed by atoms with Crippen LogP contribution in [-0.2, 0) is 14.6 Å². The quantitative estimate of drug-likeness (QED) is 0.552. The zero-order valence-electron chi connectivity index (χ0n) is 18.2. The molecule has 30 heavy (non-hydrogen) atoms. The van der Waals surface area contributed by atoms with E-state index in [0.29, 0.717) is 25.4 Å². The van der Waals surface area contributed by atoms with Crippen LogP contribution in [0.3, 0.4) is 0 Å². The van der Waals surface area contributed by atoms with E-state index in [0.717, 1.165) is 64.2 Å². The van der Waals surface area contributed by atoms with E-state index in [1.54, 1.807) is 4.90 Å². The number of piperazine rings is 1. The number of pyridine rings is 1. The number of nitrogens with zero attached hydrogens (tertiary/aromatic N) is 4. The topological polar surface area (TPSA) is 73.8 Å². The molecule has 2 aliphatic heterocycles. The lowest BCUT2D eigenvalue weighted by molar-refractivity contribution is -0.130. The molecule has 3 heterocycles. The number of hydrogen-bond donors (Lipinski definition) is 0. The molecule has 168 valence electrons. The van der Waals surface area contributed by atoms with Gasteiger partial charge in [-0.2, -0.15) is 0 Å². The SMILES string of the molecule is CCCCCS(=O)(=O)CC(=O)N1CCCC(CN2CCN(c3ccccn3)CC2)C1. The molecular formula is C22H36N4O3S. The number of aromatic nitrogens is 1. The Balaban J connectivity index is 1.43. The maximum atomic E-state index is 12.6. The first-order chi connectivity index (χ1) is 14.5. The summed E-state index contributed by atoms with van der Waals surface area (Å²) in [7, 11) is -3.29. The van der Waals surface area contributed by atoms with Crippen molar-refractivity contribution in [3.63, 3.8) is 0 Å². The number of anilines is 1. The van der Waals surface area contributed by atoms with Gasteiger partial charge in [0.15, 0.2) is 9.84 Å². The van der Waals surface area contributed by atoms with E-state index in [1.807, 2.05) is 25.3 Å².